The smallest absolute Gasteiger partial charge is 0.349 e. The number of hydrogen-bond donors (Lipinski definition) is 0. The van der Waals surface area contributed by atoms with E-state index in [4.69, 9.17) is 10.00 Å². The first-order valence-corrected chi connectivity index (χ1v) is 6.12. The lowest BCUT2D eigenvalue weighted by Crippen LogP contribution is -2.40. The van der Waals surface area contributed by atoms with Crippen LogP contribution in [0.2, 0.25) is 0 Å². The Morgan fingerprint density at radius 2 is 2.05 bits per heavy atom. The molecule has 2 rings (SSSR count). The van der Waals surface area contributed by atoms with Gasteiger partial charge in [0.15, 0.2) is 0 Å². The Bertz CT molecular complexity index is 778. The molecule has 7 heteroatoms. The molecule has 0 N–H and O–H groups in total. The van der Waals surface area contributed by atoms with Gasteiger partial charge in [0.05, 0.1) is 6.61 Å². The van der Waals surface area contributed by atoms with Gasteiger partial charge in [-0.15, -0.1) is 0 Å². The van der Waals surface area contributed by atoms with E-state index in [0.717, 1.165) is 12.3 Å². The van der Waals surface area contributed by atoms with Gasteiger partial charge in [-0.2, -0.15) is 14.7 Å². The van der Waals surface area contributed by atoms with Gasteiger partial charge in [0.2, 0.25) is 0 Å². The van der Waals surface area contributed by atoms with Crippen LogP contribution < -0.4 is 9.46 Å². The van der Waals surface area contributed by atoms with Crippen molar-refractivity contribution >= 4 is 23.1 Å². The molecule has 106 valence electrons. The van der Waals surface area contributed by atoms with Crippen molar-refractivity contribution in [3.8, 4) is 6.07 Å². The Morgan fingerprint density at radius 3 is 2.67 bits per heavy atom. The average molecular weight is 285 g/mol. The molecule has 0 bridgehead atoms. The lowest BCUT2D eigenvalue weighted by molar-refractivity contribution is -0.630. The van der Waals surface area contributed by atoms with E-state index < -0.39 is 5.97 Å². The number of hydrogen-bond acceptors (Lipinski definition) is 5. The molecule has 21 heavy (non-hydrogen) atoms. The first-order chi connectivity index (χ1) is 10.1. The summed E-state index contributed by atoms with van der Waals surface area (Å²) in [4.78, 5) is 11.5. The minimum absolute atomic E-state index is 0.106. The number of rotatable bonds is 3. The second kappa shape index (κ2) is 5.88. The number of aromatic nitrogens is 2. The highest BCUT2D eigenvalue weighted by atomic mass is 16.5. The molecule has 0 radical (unpaired) electrons. The molecule has 0 saturated heterocycles. The number of fused-ring (bicyclic) bond motifs is 1. The average Bonchev–Trinajstić information content (AvgIpc) is 2.49. The number of carbonyl (C=O) groups is 1. The summed E-state index contributed by atoms with van der Waals surface area (Å²) in [5.74, 6) is -0.842. The maximum absolute atomic E-state index is 12.2. The van der Waals surface area contributed by atoms with Gasteiger partial charge in [-0.25, -0.2) is 4.79 Å². The molecule has 0 aliphatic rings. The zero-order chi connectivity index (χ0) is 15.4. The van der Waals surface area contributed by atoms with Crippen LogP contribution in [-0.2, 0) is 9.53 Å². The summed E-state index contributed by atoms with van der Waals surface area (Å²) in [6.07, 6.45) is 2.04. The zero-order valence-electron chi connectivity index (χ0n) is 11.1. The molecule has 0 aliphatic carbocycles. The fraction of sp³-hybridized carbons (Fsp3) is 0.143. The maximum Gasteiger partial charge on any atom is 0.349 e. The van der Waals surface area contributed by atoms with Gasteiger partial charge in [0.25, 0.3) is 22.9 Å². The SMILES string of the molecule is CCOC(=O)C(C#N)=Cc1c[n+]([O-])c2ccccc2[n+]1[O-]. The van der Waals surface area contributed by atoms with Gasteiger partial charge < -0.3 is 15.2 Å². The standard InChI is InChI=1S/C14H11N3O4/c1-2-21-14(18)10(8-15)7-11-9-16(19)12-5-3-4-6-13(12)17(11)20/h3-7,9H,2H2,1H3. The molecule has 0 atom stereocenters. The number of para-hydroxylation sites is 2. The first-order valence-electron chi connectivity index (χ1n) is 6.12. The highest BCUT2D eigenvalue weighted by molar-refractivity contribution is 5.97. The molecular weight excluding hydrogens is 274 g/mol. The number of nitrogens with zero attached hydrogens (tertiary/aromatic N) is 3. The van der Waals surface area contributed by atoms with Gasteiger partial charge in [0.1, 0.15) is 11.6 Å². The normalized spacial score (nSPS) is 11.1. The minimum Gasteiger partial charge on any atom is -0.618 e. The Balaban J connectivity index is 2.59. The second-order valence-corrected chi connectivity index (χ2v) is 4.05. The number of esters is 1. The fourth-order valence-electron chi connectivity index (χ4n) is 1.79. The quantitative estimate of drug-likeness (QED) is 0.270. The van der Waals surface area contributed by atoms with Crippen LogP contribution in [-0.4, -0.2) is 12.6 Å². The molecule has 0 saturated carbocycles. The molecule has 0 spiro atoms. The van der Waals surface area contributed by atoms with Crippen LogP contribution in [0, 0.1) is 21.7 Å². The van der Waals surface area contributed by atoms with E-state index in [0.29, 0.717) is 9.46 Å². The lowest BCUT2D eigenvalue weighted by atomic mass is 10.2. The summed E-state index contributed by atoms with van der Waals surface area (Å²) < 4.78 is 5.69. The second-order valence-electron chi connectivity index (χ2n) is 4.05. The summed E-state index contributed by atoms with van der Waals surface area (Å²) >= 11 is 0. The van der Waals surface area contributed by atoms with Crippen LogP contribution in [0.5, 0.6) is 0 Å². The van der Waals surface area contributed by atoms with Crippen molar-refractivity contribution in [2.24, 2.45) is 0 Å². The topological polar surface area (TPSA) is 104 Å². The first kappa shape index (κ1) is 14.3. The van der Waals surface area contributed by atoms with Crippen LogP contribution in [0.3, 0.4) is 0 Å². The summed E-state index contributed by atoms with van der Waals surface area (Å²) in [7, 11) is 0. The van der Waals surface area contributed by atoms with E-state index in [2.05, 4.69) is 0 Å². The molecule has 0 unspecified atom stereocenters. The molecule has 0 amide bonds. The van der Waals surface area contributed by atoms with E-state index in [-0.39, 0.29) is 28.9 Å². The van der Waals surface area contributed by atoms with E-state index in [9.17, 15) is 15.2 Å². The van der Waals surface area contributed by atoms with Gasteiger partial charge in [0, 0.05) is 18.2 Å². The maximum atomic E-state index is 12.2. The summed E-state index contributed by atoms with van der Waals surface area (Å²) in [6.45, 7) is 1.71. The molecule has 0 aliphatic heterocycles. The predicted octanol–water partition coefficient (Wildman–Crippen LogP) is 0.577. The predicted molar refractivity (Wildman–Crippen MR) is 72.1 cm³/mol. The van der Waals surface area contributed by atoms with E-state index in [1.165, 1.54) is 12.1 Å². The molecule has 1 aromatic heterocycles. The van der Waals surface area contributed by atoms with Gasteiger partial charge in [-0.1, -0.05) is 12.1 Å². The van der Waals surface area contributed by atoms with Crippen LogP contribution in [0.4, 0.5) is 0 Å². The summed E-state index contributed by atoms with van der Waals surface area (Å²) in [5.41, 5.74) is -0.133. The van der Waals surface area contributed by atoms with E-state index in [1.807, 2.05) is 0 Å². The van der Waals surface area contributed by atoms with Crippen molar-refractivity contribution in [3.63, 3.8) is 0 Å². The van der Waals surface area contributed by atoms with Crippen molar-refractivity contribution in [2.45, 2.75) is 6.92 Å². The Labute approximate surface area is 120 Å². The molecule has 2 aromatic rings. The van der Waals surface area contributed by atoms with Crippen molar-refractivity contribution in [1.29, 1.82) is 5.26 Å². The Kier molecular flexibility index (Phi) is 4.00. The van der Waals surface area contributed by atoms with Crippen LogP contribution in [0.25, 0.3) is 17.1 Å². The van der Waals surface area contributed by atoms with Gasteiger partial charge in [-0.05, 0) is 6.92 Å². The van der Waals surface area contributed by atoms with Crippen molar-refractivity contribution in [1.82, 2.24) is 0 Å². The summed E-state index contributed by atoms with van der Waals surface area (Å²) in [6, 6.07) is 7.87. The third-order valence-corrected chi connectivity index (χ3v) is 2.73. The third-order valence-electron chi connectivity index (χ3n) is 2.73. The van der Waals surface area contributed by atoms with Crippen molar-refractivity contribution in [2.75, 3.05) is 6.61 Å². The number of nitriles is 1. The highest BCUT2D eigenvalue weighted by Crippen LogP contribution is 2.08. The largest absolute Gasteiger partial charge is 0.618 e. The molecule has 0 fully saturated rings. The molecular formula is C14H11N3O4. The zero-order valence-corrected chi connectivity index (χ0v) is 11.1. The van der Waals surface area contributed by atoms with E-state index in [1.54, 1.807) is 25.1 Å². The monoisotopic (exact) mass is 285 g/mol. The third kappa shape index (κ3) is 2.74. The number of carbonyl (C=O) groups excluding carboxylic acids is 1. The van der Waals surface area contributed by atoms with Crippen LogP contribution in [0.15, 0.2) is 36.0 Å². The minimum atomic E-state index is -0.842. The van der Waals surface area contributed by atoms with Gasteiger partial charge in [-0.3, -0.25) is 0 Å². The Morgan fingerprint density at radius 1 is 1.38 bits per heavy atom. The number of ether oxygens (including phenoxy) is 1. The molecule has 1 heterocycles. The van der Waals surface area contributed by atoms with E-state index >= 15 is 0 Å². The van der Waals surface area contributed by atoms with Gasteiger partial charge >= 0.3 is 5.97 Å². The lowest BCUT2D eigenvalue weighted by Gasteiger charge is -2.06. The molecule has 7 nitrogen and oxygen atoms in total. The van der Waals surface area contributed by atoms with Crippen molar-refractivity contribution < 1.29 is 19.0 Å². The number of benzene rings is 1. The highest BCUT2D eigenvalue weighted by Gasteiger charge is 2.20. The fourth-order valence-corrected chi connectivity index (χ4v) is 1.79. The van der Waals surface area contributed by atoms with Crippen LogP contribution in [0.1, 0.15) is 12.6 Å². The molecule has 1 aromatic carbocycles. The summed E-state index contributed by atoms with van der Waals surface area (Å²) in [5, 5.41) is 33.0. The van der Waals surface area contributed by atoms with Crippen molar-refractivity contribution in [3.05, 3.63) is 52.1 Å². The van der Waals surface area contributed by atoms with Crippen LogP contribution >= 0.6 is 0 Å². The Hall–Kier alpha value is -3.14.